The van der Waals surface area contributed by atoms with Crippen LogP contribution in [0, 0.1) is 5.82 Å². The first kappa shape index (κ1) is 12.9. The van der Waals surface area contributed by atoms with Crippen LogP contribution in [0.4, 0.5) is 4.39 Å². The molecule has 0 spiro atoms. The van der Waals surface area contributed by atoms with Crippen molar-refractivity contribution in [2.45, 2.75) is 32.3 Å². The summed E-state index contributed by atoms with van der Waals surface area (Å²) in [7, 11) is 0. The highest BCUT2D eigenvalue weighted by Gasteiger charge is 2.23. The smallest absolute Gasteiger partial charge is 0.263 e. The van der Waals surface area contributed by atoms with Crippen molar-refractivity contribution < 1.29 is 13.9 Å². The molecule has 1 amide bonds. The molecule has 1 fully saturated rings. The second-order valence-corrected chi connectivity index (χ2v) is 4.60. The number of benzene rings is 1. The number of amides is 1. The first-order chi connectivity index (χ1) is 8.66. The van der Waals surface area contributed by atoms with Crippen LogP contribution in [0.5, 0.6) is 5.75 Å². The summed E-state index contributed by atoms with van der Waals surface area (Å²) < 4.78 is 18.3. The maximum Gasteiger partial charge on any atom is 0.263 e. The lowest BCUT2D eigenvalue weighted by Crippen LogP contribution is -2.43. The summed E-state index contributed by atoms with van der Waals surface area (Å²) in [6.07, 6.45) is 2.80. The minimum Gasteiger partial charge on any atom is -0.481 e. The van der Waals surface area contributed by atoms with E-state index in [4.69, 9.17) is 4.74 Å². The van der Waals surface area contributed by atoms with E-state index in [1.165, 1.54) is 30.7 Å². The molecule has 0 N–H and O–H groups in total. The molecular weight excluding hydrogens is 233 g/mol. The number of halogens is 1. The number of hydrogen-bond donors (Lipinski definition) is 0. The van der Waals surface area contributed by atoms with Gasteiger partial charge < -0.3 is 9.64 Å². The molecule has 3 nitrogen and oxygen atoms in total. The van der Waals surface area contributed by atoms with Crippen molar-refractivity contribution in [2.75, 3.05) is 13.1 Å². The molecule has 1 aliphatic heterocycles. The summed E-state index contributed by atoms with van der Waals surface area (Å²) in [5.41, 5.74) is 0. The highest BCUT2D eigenvalue weighted by Crippen LogP contribution is 2.16. The quantitative estimate of drug-likeness (QED) is 0.826. The van der Waals surface area contributed by atoms with Gasteiger partial charge in [-0.2, -0.15) is 0 Å². The Kier molecular flexibility index (Phi) is 4.18. The number of piperidine rings is 1. The first-order valence-corrected chi connectivity index (χ1v) is 6.38. The Balaban J connectivity index is 1.92. The fourth-order valence-electron chi connectivity index (χ4n) is 2.14. The van der Waals surface area contributed by atoms with E-state index in [1.54, 1.807) is 6.92 Å². The second-order valence-electron chi connectivity index (χ2n) is 4.60. The van der Waals surface area contributed by atoms with Gasteiger partial charge in [0.05, 0.1) is 0 Å². The summed E-state index contributed by atoms with van der Waals surface area (Å²) in [6.45, 7) is 3.37. The molecule has 0 bridgehead atoms. The Labute approximate surface area is 107 Å². The molecule has 2 rings (SSSR count). The number of carbonyl (C=O) groups is 1. The summed E-state index contributed by atoms with van der Waals surface area (Å²) in [6, 6.07) is 5.73. The van der Waals surface area contributed by atoms with Gasteiger partial charge in [0.25, 0.3) is 5.91 Å². The minimum absolute atomic E-state index is 0.0130. The molecule has 1 atom stereocenters. The average Bonchev–Trinajstić information content (AvgIpc) is 2.41. The van der Waals surface area contributed by atoms with Gasteiger partial charge in [0, 0.05) is 13.1 Å². The summed E-state index contributed by atoms with van der Waals surface area (Å²) in [5.74, 6) is 0.227. The predicted octanol–water partition coefficient (Wildman–Crippen LogP) is 2.61. The van der Waals surface area contributed by atoms with Crippen molar-refractivity contribution in [3.8, 4) is 5.75 Å². The van der Waals surface area contributed by atoms with Crippen LogP contribution in [0.2, 0.25) is 0 Å². The van der Waals surface area contributed by atoms with E-state index in [1.807, 2.05) is 4.90 Å². The number of ether oxygens (including phenoxy) is 1. The van der Waals surface area contributed by atoms with Gasteiger partial charge in [-0.15, -0.1) is 0 Å². The topological polar surface area (TPSA) is 29.5 Å². The van der Waals surface area contributed by atoms with Crippen molar-refractivity contribution in [1.29, 1.82) is 0 Å². The molecule has 1 aromatic rings. The van der Waals surface area contributed by atoms with Crippen molar-refractivity contribution in [2.24, 2.45) is 0 Å². The molecule has 18 heavy (non-hydrogen) atoms. The van der Waals surface area contributed by atoms with E-state index in [2.05, 4.69) is 0 Å². The summed E-state index contributed by atoms with van der Waals surface area (Å²) in [5, 5.41) is 0. The van der Waals surface area contributed by atoms with Gasteiger partial charge in [-0.3, -0.25) is 4.79 Å². The zero-order valence-corrected chi connectivity index (χ0v) is 10.6. The number of nitrogens with zero attached hydrogens (tertiary/aromatic N) is 1. The van der Waals surface area contributed by atoms with Crippen LogP contribution in [0.1, 0.15) is 26.2 Å². The normalized spacial score (nSPS) is 17.3. The fourth-order valence-corrected chi connectivity index (χ4v) is 2.14. The van der Waals surface area contributed by atoms with Crippen LogP contribution in [0.3, 0.4) is 0 Å². The number of hydrogen-bond acceptors (Lipinski definition) is 2. The highest BCUT2D eigenvalue weighted by atomic mass is 19.1. The zero-order valence-electron chi connectivity index (χ0n) is 10.6. The molecule has 4 heteroatoms. The second kappa shape index (κ2) is 5.85. The molecule has 0 radical (unpaired) electrons. The maximum atomic E-state index is 12.7. The molecule has 0 saturated carbocycles. The third-order valence-corrected chi connectivity index (χ3v) is 3.14. The zero-order chi connectivity index (χ0) is 13.0. The molecule has 98 valence electrons. The van der Waals surface area contributed by atoms with Crippen LogP contribution in [0.15, 0.2) is 24.3 Å². The number of likely N-dealkylation sites (tertiary alicyclic amines) is 1. The summed E-state index contributed by atoms with van der Waals surface area (Å²) in [4.78, 5) is 13.9. The van der Waals surface area contributed by atoms with E-state index >= 15 is 0 Å². The van der Waals surface area contributed by atoms with E-state index in [0.717, 1.165) is 25.9 Å². The van der Waals surface area contributed by atoms with Crippen LogP contribution < -0.4 is 4.74 Å². The molecular formula is C14H18FNO2. The third kappa shape index (κ3) is 3.22. The van der Waals surface area contributed by atoms with E-state index in [0.29, 0.717) is 5.75 Å². The molecule has 0 aromatic heterocycles. The van der Waals surface area contributed by atoms with Crippen LogP contribution >= 0.6 is 0 Å². The van der Waals surface area contributed by atoms with Gasteiger partial charge in [0.2, 0.25) is 0 Å². The molecule has 1 saturated heterocycles. The van der Waals surface area contributed by atoms with Crippen molar-refractivity contribution >= 4 is 5.91 Å². The van der Waals surface area contributed by atoms with Crippen LogP contribution in [-0.2, 0) is 4.79 Å². The molecule has 1 heterocycles. The maximum absolute atomic E-state index is 12.7. The lowest BCUT2D eigenvalue weighted by Gasteiger charge is -2.29. The van der Waals surface area contributed by atoms with Gasteiger partial charge >= 0.3 is 0 Å². The van der Waals surface area contributed by atoms with Gasteiger partial charge in [-0.25, -0.2) is 4.39 Å². The molecule has 1 aliphatic rings. The third-order valence-electron chi connectivity index (χ3n) is 3.14. The van der Waals surface area contributed by atoms with Gasteiger partial charge in [0.15, 0.2) is 6.10 Å². The van der Waals surface area contributed by atoms with E-state index in [9.17, 15) is 9.18 Å². The van der Waals surface area contributed by atoms with Crippen molar-refractivity contribution in [3.63, 3.8) is 0 Å². The fraction of sp³-hybridized carbons (Fsp3) is 0.500. The van der Waals surface area contributed by atoms with Crippen molar-refractivity contribution in [1.82, 2.24) is 4.90 Å². The highest BCUT2D eigenvalue weighted by molar-refractivity contribution is 5.81. The van der Waals surface area contributed by atoms with Gasteiger partial charge in [-0.05, 0) is 50.5 Å². The summed E-state index contributed by atoms with van der Waals surface area (Å²) >= 11 is 0. The Morgan fingerprint density at radius 1 is 1.22 bits per heavy atom. The Morgan fingerprint density at radius 2 is 1.83 bits per heavy atom. The Morgan fingerprint density at radius 3 is 2.44 bits per heavy atom. The van der Waals surface area contributed by atoms with Crippen molar-refractivity contribution in [3.05, 3.63) is 30.1 Å². The minimum atomic E-state index is -0.520. The molecule has 1 unspecified atom stereocenters. The van der Waals surface area contributed by atoms with E-state index < -0.39 is 6.10 Å². The Bertz CT molecular complexity index is 399. The van der Waals surface area contributed by atoms with Crippen LogP contribution in [-0.4, -0.2) is 30.0 Å². The Hall–Kier alpha value is -1.58. The SMILES string of the molecule is CC(Oc1ccc(F)cc1)C(=O)N1CCCCC1. The van der Waals surface area contributed by atoms with Crippen LogP contribution in [0.25, 0.3) is 0 Å². The van der Waals surface area contributed by atoms with Gasteiger partial charge in [-0.1, -0.05) is 0 Å². The van der Waals surface area contributed by atoms with E-state index in [-0.39, 0.29) is 11.7 Å². The first-order valence-electron chi connectivity index (χ1n) is 6.38. The number of carbonyl (C=O) groups excluding carboxylic acids is 1. The largest absolute Gasteiger partial charge is 0.481 e. The molecule has 1 aromatic carbocycles. The standard InChI is InChI=1S/C14H18FNO2/c1-11(14(17)16-9-3-2-4-10-16)18-13-7-5-12(15)6-8-13/h5-8,11H,2-4,9-10H2,1H3. The lowest BCUT2D eigenvalue weighted by molar-refractivity contribution is -0.138. The average molecular weight is 251 g/mol. The molecule has 0 aliphatic carbocycles. The predicted molar refractivity (Wildman–Crippen MR) is 66.9 cm³/mol. The monoisotopic (exact) mass is 251 g/mol. The lowest BCUT2D eigenvalue weighted by atomic mass is 10.1. The van der Waals surface area contributed by atoms with Gasteiger partial charge in [0.1, 0.15) is 11.6 Å². The number of rotatable bonds is 3.